The molecular formula is C98H187NO18. The van der Waals surface area contributed by atoms with Crippen LogP contribution in [0.25, 0.3) is 0 Å². The van der Waals surface area contributed by atoms with E-state index in [0.29, 0.717) is 12.8 Å². The van der Waals surface area contributed by atoms with Gasteiger partial charge in [0.2, 0.25) is 5.91 Å². The van der Waals surface area contributed by atoms with E-state index in [9.17, 15) is 61.0 Å². The highest BCUT2D eigenvalue weighted by atomic mass is 16.8. The average Bonchev–Trinajstić information content (AvgIpc) is 0.778. The Balaban J connectivity index is 1.29. The molecule has 17 atom stereocenters. The van der Waals surface area contributed by atoms with Gasteiger partial charge in [0.25, 0.3) is 0 Å². The van der Waals surface area contributed by atoms with Crippen molar-refractivity contribution in [2.75, 3.05) is 26.4 Å². The van der Waals surface area contributed by atoms with E-state index >= 15 is 0 Å². The third-order valence-corrected chi connectivity index (χ3v) is 25.3. The third kappa shape index (κ3) is 55.4. The van der Waals surface area contributed by atoms with Crippen LogP contribution in [-0.4, -0.2) is 193 Å². The molecule has 117 heavy (non-hydrogen) atoms. The van der Waals surface area contributed by atoms with Crippen molar-refractivity contribution >= 4 is 5.91 Å². The number of hydrogen-bond acceptors (Lipinski definition) is 18. The summed E-state index contributed by atoms with van der Waals surface area (Å²) in [7, 11) is 0. The SMILES string of the molecule is CCCCCCCCCCCCCCCCCCCCCCCCCCCCC/C=C/CC/C=C/C(O)C(COC1OC(CO)C(OC2OC(CO)C(OC3OC(CO)C(O)C(O)C3O)C(O)C2O)C(O)C1O)NC(=O)CCCCCCCCCCCCCCCCCCCCCCCCCCCCCCCCCCCCCCCCC. The molecule has 3 saturated heterocycles. The first kappa shape index (κ1) is 109. The van der Waals surface area contributed by atoms with E-state index < -0.39 is 124 Å². The van der Waals surface area contributed by atoms with E-state index in [-0.39, 0.29) is 18.9 Å². The number of unbranched alkanes of at least 4 members (excludes halogenated alkanes) is 66. The molecule has 0 saturated carbocycles. The van der Waals surface area contributed by atoms with E-state index in [0.717, 1.165) is 38.5 Å². The summed E-state index contributed by atoms with van der Waals surface area (Å²) in [6.07, 6.45) is 73.8. The van der Waals surface area contributed by atoms with Crippen molar-refractivity contribution in [1.82, 2.24) is 5.32 Å². The van der Waals surface area contributed by atoms with Crippen LogP contribution in [0.15, 0.2) is 24.3 Å². The number of ether oxygens (including phenoxy) is 6. The minimum absolute atomic E-state index is 0.242. The number of hydrogen-bond donors (Lipinski definition) is 12. The monoisotopic (exact) mass is 1670 g/mol. The molecule has 0 bridgehead atoms. The maximum atomic E-state index is 13.5. The first-order valence-electron chi connectivity index (χ1n) is 50.1. The molecule has 0 aliphatic carbocycles. The Morgan fingerprint density at radius 1 is 0.299 bits per heavy atom. The van der Waals surface area contributed by atoms with Gasteiger partial charge in [-0.05, 0) is 32.1 Å². The Kier molecular flexibility index (Phi) is 72.8. The zero-order chi connectivity index (χ0) is 84.5. The molecule has 0 aromatic rings. The van der Waals surface area contributed by atoms with Crippen molar-refractivity contribution in [1.29, 1.82) is 0 Å². The standard InChI is InChI=1S/C98H187NO18/c1-3-5-7-9-11-13-15-17-19-21-23-25-27-29-31-33-35-37-38-39-40-41-42-44-46-48-50-52-54-56-58-60-62-64-66-68-70-72-74-76-86(104)99-81(82(103)75-73-71-69-67-65-63-61-59-57-55-53-51-49-47-45-43-36-34-32-30-28-26-24-22-20-18-16-14-12-10-8-6-4-2)80-112-96-92(110)89(107)94(84(78-101)114-96)117-98-93(111)90(108)95(85(79-102)115-98)116-97-91(109)88(106)87(105)83(77-100)113-97/h65,67,73,75,81-85,87-98,100-103,105-111H,3-64,66,68-72,74,76-80H2,1-2H3,(H,99,104)/b67-65+,75-73+. The fourth-order valence-corrected chi connectivity index (χ4v) is 17.3. The zero-order valence-corrected chi connectivity index (χ0v) is 75.2. The average molecular weight is 1670 g/mol. The Labute approximate surface area is 715 Å². The fraction of sp³-hybridized carbons (Fsp3) is 0.949. The lowest BCUT2D eigenvalue weighted by Crippen LogP contribution is -2.66. The molecule has 19 heteroatoms. The Bertz CT molecular complexity index is 2200. The highest BCUT2D eigenvalue weighted by molar-refractivity contribution is 5.76. The van der Waals surface area contributed by atoms with Gasteiger partial charge in [-0.1, -0.05) is 449 Å². The topological polar surface area (TPSA) is 307 Å². The lowest BCUT2D eigenvalue weighted by atomic mass is 9.96. The summed E-state index contributed by atoms with van der Waals surface area (Å²) in [6, 6.07) is -0.990. The van der Waals surface area contributed by atoms with Gasteiger partial charge in [-0.15, -0.1) is 0 Å². The fourth-order valence-electron chi connectivity index (χ4n) is 17.3. The molecular weight excluding hydrogens is 1480 g/mol. The molecule has 3 heterocycles. The molecule has 3 rings (SSSR count). The van der Waals surface area contributed by atoms with Crippen molar-refractivity contribution < 1.29 is 89.4 Å². The number of carbonyl (C=O) groups is 1. The number of amides is 1. The van der Waals surface area contributed by atoms with Crippen molar-refractivity contribution in [2.24, 2.45) is 0 Å². The minimum atomic E-state index is -1.98. The number of carbonyl (C=O) groups excluding carboxylic acids is 1. The zero-order valence-electron chi connectivity index (χ0n) is 75.2. The van der Waals surface area contributed by atoms with Gasteiger partial charge in [0.1, 0.15) is 73.2 Å². The molecule has 692 valence electrons. The molecule has 0 aromatic carbocycles. The number of aliphatic hydroxyl groups is 11. The second-order valence-corrected chi connectivity index (χ2v) is 36.0. The molecule has 3 aliphatic rings. The molecule has 0 radical (unpaired) electrons. The van der Waals surface area contributed by atoms with Crippen LogP contribution in [0.1, 0.15) is 463 Å². The molecule has 12 N–H and O–H groups in total. The van der Waals surface area contributed by atoms with Gasteiger partial charge in [0, 0.05) is 6.42 Å². The van der Waals surface area contributed by atoms with Crippen LogP contribution in [0.4, 0.5) is 0 Å². The molecule has 0 spiro atoms. The quantitative estimate of drug-likeness (QED) is 0.0199. The highest BCUT2D eigenvalue weighted by Gasteiger charge is 2.54. The van der Waals surface area contributed by atoms with E-state index in [2.05, 4.69) is 31.3 Å². The van der Waals surface area contributed by atoms with Crippen LogP contribution in [0.5, 0.6) is 0 Å². The van der Waals surface area contributed by atoms with Crippen LogP contribution in [-0.2, 0) is 33.2 Å². The van der Waals surface area contributed by atoms with Crippen LogP contribution >= 0.6 is 0 Å². The van der Waals surface area contributed by atoms with E-state index in [4.69, 9.17) is 28.4 Å². The van der Waals surface area contributed by atoms with E-state index in [1.54, 1.807) is 6.08 Å². The largest absolute Gasteiger partial charge is 0.394 e. The van der Waals surface area contributed by atoms with Crippen LogP contribution in [0.2, 0.25) is 0 Å². The maximum absolute atomic E-state index is 13.5. The summed E-state index contributed by atoms with van der Waals surface area (Å²) in [5.74, 6) is -0.274. The summed E-state index contributed by atoms with van der Waals surface area (Å²) in [5, 5.41) is 121. The normalized spacial score (nSPS) is 24.4. The second kappa shape index (κ2) is 77.8. The van der Waals surface area contributed by atoms with Crippen molar-refractivity contribution in [3.05, 3.63) is 24.3 Å². The van der Waals surface area contributed by atoms with E-state index in [1.807, 2.05) is 6.08 Å². The predicted octanol–water partition coefficient (Wildman–Crippen LogP) is 20.8. The Hall–Kier alpha value is -1.73. The Morgan fingerprint density at radius 3 is 0.855 bits per heavy atom. The third-order valence-electron chi connectivity index (χ3n) is 25.3. The van der Waals surface area contributed by atoms with Gasteiger partial charge in [0.15, 0.2) is 18.9 Å². The summed E-state index contributed by atoms with van der Waals surface area (Å²) in [6.45, 7) is 1.81. The lowest BCUT2D eigenvalue weighted by molar-refractivity contribution is -0.379. The van der Waals surface area contributed by atoms with Crippen molar-refractivity contribution in [3.63, 3.8) is 0 Å². The summed E-state index contributed by atoms with van der Waals surface area (Å²) in [5.41, 5.74) is 0. The van der Waals surface area contributed by atoms with Gasteiger partial charge >= 0.3 is 0 Å². The summed E-state index contributed by atoms with van der Waals surface area (Å²) >= 11 is 0. The number of aliphatic hydroxyl groups excluding tert-OH is 11. The van der Waals surface area contributed by atoms with Crippen LogP contribution in [0.3, 0.4) is 0 Å². The van der Waals surface area contributed by atoms with Gasteiger partial charge in [-0.25, -0.2) is 0 Å². The first-order chi connectivity index (χ1) is 57.3. The minimum Gasteiger partial charge on any atom is -0.394 e. The molecule has 1 amide bonds. The molecule has 0 aromatic heterocycles. The molecule has 3 aliphatic heterocycles. The highest BCUT2D eigenvalue weighted by Crippen LogP contribution is 2.34. The van der Waals surface area contributed by atoms with Gasteiger partial charge in [0.05, 0.1) is 38.6 Å². The van der Waals surface area contributed by atoms with Gasteiger partial charge in [-0.3, -0.25) is 4.79 Å². The molecule has 19 nitrogen and oxygen atoms in total. The van der Waals surface area contributed by atoms with E-state index in [1.165, 1.54) is 392 Å². The van der Waals surface area contributed by atoms with Crippen LogP contribution < -0.4 is 5.32 Å². The predicted molar refractivity (Wildman–Crippen MR) is 476 cm³/mol. The summed E-state index contributed by atoms with van der Waals surface area (Å²) < 4.78 is 34.6. The van der Waals surface area contributed by atoms with Gasteiger partial charge < -0.3 is 89.9 Å². The van der Waals surface area contributed by atoms with Crippen molar-refractivity contribution in [2.45, 2.75) is 568 Å². The number of rotatable bonds is 84. The maximum Gasteiger partial charge on any atom is 0.220 e. The molecule has 3 fully saturated rings. The van der Waals surface area contributed by atoms with Crippen molar-refractivity contribution in [3.8, 4) is 0 Å². The van der Waals surface area contributed by atoms with Gasteiger partial charge in [-0.2, -0.15) is 0 Å². The smallest absolute Gasteiger partial charge is 0.220 e. The second-order valence-electron chi connectivity index (χ2n) is 36.0. The number of nitrogens with one attached hydrogen (secondary N) is 1. The molecule has 17 unspecified atom stereocenters. The Morgan fingerprint density at radius 2 is 0.547 bits per heavy atom. The summed E-state index contributed by atoms with van der Waals surface area (Å²) in [4.78, 5) is 13.5. The first-order valence-corrected chi connectivity index (χ1v) is 50.1. The van der Waals surface area contributed by atoms with Crippen LogP contribution in [0, 0.1) is 0 Å². The lowest BCUT2D eigenvalue weighted by Gasteiger charge is -2.48. The number of allylic oxidation sites excluding steroid dienone is 3.